The highest BCUT2D eigenvalue weighted by Crippen LogP contribution is 2.21. The molecule has 0 bridgehead atoms. The van der Waals surface area contributed by atoms with Gasteiger partial charge in [-0.15, -0.1) is 0 Å². The fraction of sp³-hybridized carbons (Fsp3) is 0.471. The van der Waals surface area contributed by atoms with Crippen molar-refractivity contribution in [2.45, 2.75) is 45.6 Å². The second-order valence-corrected chi connectivity index (χ2v) is 5.97. The lowest BCUT2D eigenvalue weighted by Gasteiger charge is -2.11. The number of benzene rings is 1. The first kappa shape index (κ1) is 17.9. The molecule has 1 aromatic heterocycles. The molecule has 0 spiro atoms. The molecule has 1 unspecified atom stereocenters. The van der Waals surface area contributed by atoms with E-state index in [1.54, 1.807) is 24.3 Å². The Bertz CT molecular complexity index is 652. The number of aliphatic hydroxyl groups excluding tert-OH is 1. The van der Waals surface area contributed by atoms with Gasteiger partial charge in [0.1, 0.15) is 0 Å². The van der Waals surface area contributed by atoms with E-state index in [1.165, 1.54) is 0 Å². The first-order valence-electron chi connectivity index (χ1n) is 8.16. The highest BCUT2D eigenvalue weighted by atomic mass is 16.5. The number of urea groups is 1. The Kier molecular flexibility index (Phi) is 6.31. The minimum Gasteiger partial charge on any atom is -0.391 e. The van der Waals surface area contributed by atoms with Gasteiger partial charge in [-0.3, -0.25) is 0 Å². The Morgan fingerprint density at radius 2 is 2.00 bits per heavy atom. The van der Waals surface area contributed by atoms with Crippen molar-refractivity contribution in [1.82, 2.24) is 15.5 Å². The second-order valence-electron chi connectivity index (χ2n) is 5.97. The maximum absolute atomic E-state index is 11.8. The lowest BCUT2D eigenvalue weighted by Crippen LogP contribution is -2.35. The fourth-order valence-corrected chi connectivity index (χ4v) is 2.10. The number of aliphatic hydroxyl groups is 1. The number of hydrogen-bond donors (Lipinski definition) is 3. The molecule has 1 aromatic carbocycles. The maximum atomic E-state index is 11.8. The molecule has 2 aromatic rings. The van der Waals surface area contributed by atoms with Gasteiger partial charge in [0.15, 0.2) is 5.82 Å². The van der Waals surface area contributed by atoms with Gasteiger partial charge in [0, 0.05) is 23.7 Å². The third-order valence-corrected chi connectivity index (χ3v) is 3.47. The summed E-state index contributed by atoms with van der Waals surface area (Å²) in [7, 11) is 0. The van der Waals surface area contributed by atoms with E-state index in [0.29, 0.717) is 23.8 Å². The number of rotatable bonds is 7. The number of nitrogens with zero attached hydrogens (tertiary/aromatic N) is 2. The molecule has 7 heteroatoms. The Labute approximate surface area is 141 Å². The van der Waals surface area contributed by atoms with E-state index in [9.17, 15) is 9.90 Å². The lowest BCUT2D eigenvalue weighted by atomic mass is 10.2. The molecule has 24 heavy (non-hydrogen) atoms. The summed E-state index contributed by atoms with van der Waals surface area (Å²) in [5.74, 6) is 1.32. The summed E-state index contributed by atoms with van der Waals surface area (Å²) in [6.45, 7) is 6.21. The number of amides is 2. The van der Waals surface area contributed by atoms with Crippen molar-refractivity contribution < 1.29 is 14.4 Å². The summed E-state index contributed by atoms with van der Waals surface area (Å²) >= 11 is 0. The molecule has 2 rings (SSSR count). The first-order valence-corrected chi connectivity index (χ1v) is 8.16. The Morgan fingerprint density at radius 1 is 1.29 bits per heavy atom. The summed E-state index contributed by atoms with van der Waals surface area (Å²) < 4.78 is 5.23. The molecule has 7 nitrogen and oxygen atoms in total. The summed E-state index contributed by atoms with van der Waals surface area (Å²) in [6.07, 6.45) is 1.02. The van der Waals surface area contributed by atoms with Crippen molar-refractivity contribution in [3.63, 3.8) is 0 Å². The van der Waals surface area contributed by atoms with Gasteiger partial charge in [0.2, 0.25) is 0 Å². The van der Waals surface area contributed by atoms with E-state index in [0.717, 1.165) is 12.0 Å². The van der Waals surface area contributed by atoms with Crippen LogP contribution in [0.15, 0.2) is 28.8 Å². The van der Waals surface area contributed by atoms with E-state index in [2.05, 4.69) is 20.8 Å². The predicted octanol–water partition coefficient (Wildman–Crippen LogP) is 3.14. The lowest BCUT2D eigenvalue weighted by molar-refractivity contribution is 0.162. The van der Waals surface area contributed by atoms with Crippen molar-refractivity contribution in [1.29, 1.82) is 0 Å². The van der Waals surface area contributed by atoms with Gasteiger partial charge in [-0.1, -0.05) is 32.3 Å². The normalized spacial score (nSPS) is 12.2. The summed E-state index contributed by atoms with van der Waals surface area (Å²) in [4.78, 5) is 16.1. The van der Waals surface area contributed by atoms with Crippen LogP contribution in [-0.4, -0.2) is 33.9 Å². The van der Waals surface area contributed by atoms with Gasteiger partial charge >= 0.3 is 6.03 Å². The number of carbonyl (C=O) groups is 1. The molecular weight excluding hydrogens is 308 g/mol. The quantitative estimate of drug-likeness (QED) is 0.723. The molecule has 2 amide bonds. The van der Waals surface area contributed by atoms with Crippen LogP contribution in [0, 0.1) is 0 Å². The summed E-state index contributed by atoms with van der Waals surface area (Å²) in [5, 5.41) is 18.9. The number of aromatic nitrogens is 2. The standard InChI is InChI=1S/C17H24N4O3/c1-4-5-14(22)10-18-17(23)19-13-8-6-12(7-9-13)16-20-15(11(2)3)21-24-16/h6-9,11,14,22H,4-5,10H2,1-3H3,(H2,18,19,23). The van der Waals surface area contributed by atoms with Crippen LogP contribution in [0.2, 0.25) is 0 Å². The van der Waals surface area contributed by atoms with Crippen LogP contribution in [0.1, 0.15) is 45.4 Å². The number of hydrogen-bond acceptors (Lipinski definition) is 5. The smallest absolute Gasteiger partial charge is 0.319 e. The highest BCUT2D eigenvalue weighted by molar-refractivity contribution is 5.89. The van der Waals surface area contributed by atoms with Crippen LogP contribution in [0.25, 0.3) is 11.5 Å². The van der Waals surface area contributed by atoms with Gasteiger partial charge in [0.05, 0.1) is 6.10 Å². The third-order valence-electron chi connectivity index (χ3n) is 3.47. The predicted molar refractivity (Wildman–Crippen MR) is 91.8 cm³/mol. The average Bonchev–Trinajstić information content (AvgIpc) is 3.04. The van der Waals surface area contributed by atoms with E-state index in [1.807, 2.05) is 20.8 Å². The van der Waals surface area contributed by atoms with Gasteiger partial charge in [0.25, 0.3) is 5.89 Å². The van der Waals surface area contributed by atoms with Crippen molar-refractivity contribution in [3.05, 3.63) is 30.1 Å². The van der Waals surface area contributed by atoms with E-state index >= 15 is 0 Å². The van der Waals surface area contributed by atoms with Crippen molar-refractivity contribution in [2.24, 2.45) is 0 Å². The molecule has 1 atom stereocenters. The van der Waals surface area contributed by atoms with Gasteiger partial charge in [-0.05, 0) is 30.7 Å². The summed E-state index contributed by atoms with van der Waals surface area (Å²) in [6, 6.07) is 6.78. The number of nitrogens with one attached hydrogen (secondary N) is 2. The van der Waals surface area contributed by atoms with Gasteiger partial charge in [-0.2, -0.15) is 4.98 Å². The second kappa shape index (κ2) is 8.44. The van der Waals surface area contributed by atoms with Crippen molar-refractivity contribution in [3.8, 4) is 11.5 Å². The summed E-state index contributed by atoms with van der Waals surface area (Å²) in [5.41, 5.74) is 1.43. The first-order chi connectivity index (χ1) is 11.5. The highest BCUT2D eigenvalue weighted by Gasteiger charge is 2.12. The van der Waals surface area contributed by atoms with Crippen LogP contribution < -0.4 is 10.6 Å². The van der Waals surface area contributed by atoms with Gasteiger partial charge < -0.3 is 20.3 Å². The number of carbonyl (C=O) groups excluding carboxylic acids is 1. The molecule has 3 N–H and O–H groups in total. The zero-order valence-electron chi connectivity index (χ0n) is 14.2. The average molecular weight is 332 g/mol. The monoisotopic (exact) mass is 332 g/mol. The van der Waals surface area contributed by atoms with Crippen LogP contribution in [0.5, 0.6) is 0 Å². The molecule has 0 fully saturated rings. The van der Waals surface area contributed by atoms with E-state index in [-0.39, 0.29) is 18.5 Å². The molecule has 0 aliphatic rings. The molecule has 0 aliphatic heterocycles. The van der Waals surface area contributed by atoms with Crippen LogP contribution in [-0.2, 0) is 0 Å². The Hall–Kier alpha value is -2.41. The zero-order valence-corrected chi connectivity index (χ0v) is 14.2. The van der Waals surface area contributed by atoms with Crippen LogP contribution >= 0.6 is 0 Å². The minimum atomic E-state index is -0.518. The molecule has 0 radical (unpaired) electrons. The van der Waals surface area contributed by atoms with Crippen molar-refractivity contribution in [2.75, 3.05) is 11.9 Å². The zero-order chi connectivity index (χ0) is 17.5. The topological polar surface area (TPSA) is 100 Å². The maximum Gasteiger partial charge on any atom is 0.319 e. The third kappa shape index (κ3) is 5.06. The minimum absolute atomic E-state index is 0.204. The Morgan fingerprint density at radius 3 is 2.58 bits per heavy atom. The molecular formula is C17H24N4O3. The fourth-order valence-electron chi connectivity index (χ4n) is 2.10. The molecule has 0 saturated carbocycles. The van der Waals surface area contributed by atoms with Crippen LogP contribution in [0.4, 0.5) is 10.5 Å². The molecule has 0 saturated heterocycles. The van der Waals surface area contributed by atoms with E-state index < -0.39 is 6.10 Å². The molecule has 1 heterocycles. The molecule has 130 valence electrons. The number of anilines is 1. The SMILES string of the molecule is CCCC(O)CNC(=O)Nc1ccc(-c2nc(C(C)C)no2)cc1. The van der Waals surface area contributed by atoms with Crippen LogP contribution in [0.3, 0.4) is 0 Å². The molecule has 0 aliphatic carbocycles. The Balaban J connectivity index is 1.90. The van der Waals surface area contributed by atoms with Crippen molar-refractivity contribution >= 4 is 11.7 Å². The van der Waals surface area contributed by atoms with Gasteiger partial charge in [-0.25, -0.2) is 4.79 Å². The largest absolute Gasteiger partial charge is 0.391 e. The van der Waals surface area contributed by atoms with E-state index in [4.69, 9.17) is 4.52 Å².